The fourth-order valence-electron chi connectivity index (χ4n) is 2.40. The lowest BCUT2D eigenvalue weighted by Crippen LogP contribution is -2.52. The lowest BCUT2D eigenvalue weighted by Gasteiger charge is -2.34. The molecule has 23 heavy (non-hydrogen) atoms. The Morgan fingerprint density at radius 2 is 2.22 bits per heavy atom. The van der Waals surface area contributed by atoms with E-state index in [1.165, 1.54) is 18.2 Å². The van der Waals surface area contributed by atoms with Gasteiger partial charge in [0.2, 0.25) is 5.91 Å². The van der Waals surface area contributed by atoms with E-state index in [0.717, 1.165) is 13.1 Å². The number of halogens is 3. The SMILES string of the molecule is CC1CNCCN1C(=O)CCNC(=O)c1cc(F)ccc1Br.Cl. The average Bonchev–Trinajstić information content (AvgIpc) is 2.49. The molecule has 2 N–H and O–H groups in total. The zero-order valence-corrected chi connectivity index (χ0v) is 15.2. The smallest absolute Gasteiger partial charge is 0.252 e. The van der Waals surface area contributed by atoms with E-state index in [-0.39, 0.29) is 42.9 Å². The molecule has 5 nitrogen and oxygen atoms in total. The molecule has 0 spiro atoms. The lowest BCUT2D eigenvalue weighted by molar-refractivity contribution is -0.133. The van der Waals surface area contributed by atoms with Crippen molar-refractivity contribution in [1.82, 2.24) is 15.5 Å². The van der Waals surface area contributed by atoms with Crippen LogP contribution >= 0.6 is 28.3 Å². The van der Waals surface area contributed by atoms with Gasteiger partial charge in [0, 0.05) is 43.1 Å². The lowest BCUT2D eigenvalue weighted by atomic mass is 10.2. The fraction of sp³-hybridized carbons (Fsp3) is 0.467. The summed E-state index contributed by atoms with van der Waals surface area (Å²) < 4.78 is 13.7. The maximum absolute atomic E-state index is 13.2. The van der Waals surface area contributed by atoms with E-state index < -0.39 is 11.7 Å². The molecule has 2 amide bonds. The van der Waals surface area contributed by atoms with Gasteiger partial charge in [-0.1, -0.05) is 0 Å². The summed E-state index contributed by atoms with van der Waals surface area (Å²) >= 11 is 3.21. The summed E-state index contributed by atoms with van der Waals surface area (Å²) in [5.74, 6) is -0.848. The number of piperazine rings is 1. The Hall–Kier alpha value is -1.18. The van der Waals surface area contributed by atoms with Crippen molar-refractivity contribution in [2.75, 3.05) is 26.2 Å². The molecule has 8 heteroatoms. The Morgan fingerprint density at radius 1 is 1.48 bits per heavy atom. The normalized spacial score (nSPS) is 17.3. The van der Waals surface area contributed by atoms with Crippen molar-refractivity contribution in [1.29, 1.82) is 0 Å². The summed E-state index contributed by atoms with van der Waals surface area (Å²) in [5.41, 5.74) is 0.225. The Morgan fingerprint density at radius 3 is 2.91 bits per heavy atom. The number of hydrogen-bond acceptors (Lipinski definition) is 3. The third-order valence-corrected chi connectivity index (χ3v) is 4.31. The van der Waals surface area contributed by atoms with E-state index in [9.17, 15) is 14.0 Å². The van der Waals surface area contributed by atoms with Crippen LogP contribution in [0.3, 0.4) is 0 Å². The van der Waals surface area contributed by atoms with E-state index in [4.69, 9.17) is 0 Å². The van der Waals surface area contributed by atoms with Gasteiger partial charge in [0.1, 0.15) is 5.82 Å². The monoisotopic (exact) mass is 407 g/mol. The third-order valence-electron chi connectivity index (χ3n) is 3.62. The van der Waals surface area contributed by atoms with Crippen LogP contribution in [0.15, 0.2) is 22.7 Å². The second-order valence-corrected chi connectivity index (χ2v) is 6.12. The number of hydrogen-bond donors (Lipinski definition) is 2. The van der Waals surface area contributed by atoms with E-state index >= 15 is 0 Å². The summed E-state index contributed by atoms with van der Waals surface area (Å²) in [6.07, 6.45) is 0.239. The molecule has 1 aliphatic rings. The van der Waals surface area contributed by atoms with Crippen LogP contribution in [0.25, 0.3) is 0 Å². The number of nitrogens with one attached hydrogen (secondary N) is 2. The molecular formula is C15H20BrClFN3O2. The number of carbonyl (C=O) groups is 2. The molecule has 0 aromatic heterocycles. The van der Waals surface area contributed by atoms with E-state index in [2.05, 4.69) is 26.6 Å². The topological polar surface area (TPSA) is 61.4 Å². The zero-order valence-electron chi connectivity index (χ0n) is 12.8. The molecule has 0 saturated carbocycles. The van der Waals surface area contributed by atoms with Gasteiger partial charge in [-0.05, 0) is 41.1 Å². The van der Waals surface area contributed by atoms with Crippen molar-refractivity contribution in [3.63, 3.8) is 0 Å². The quantitative estimate of drug-likeness (QED) is 0.800. The number of amides is 2. The molecule has 1 atom stereocenters. The minimum absolute atomic E-state index is 0. The Labute approximate surface area is 149 Å². The second kappa shape index (κ2) is 9.20. The summed E-state index contributed by atoms with van der Waals surface area (Å²) in [7, 11) is 0. The molecule has 1 saturated heterocycles. The zero-order chi connectivity index (χ0) is 16.1. The van der Waals surface area contributed by atoms with Gasteiger partial charge in [0.25, 0.3) is 5.91 Å². The third kappa shape index (κ3) is 5.44. The van der Waals surface area contributed by atoms with Gasteiger partial charge in [-0.3, -0.25) is 9.59 Å². The summed E-state index contributed by atoms with van der Waals surface area (Å²) in [6, 6.07) is 4.09. The average molecular weight is 409 g/mol. The standard InChI is InChI=1S/C15H19BrFN3O2.ClH/c1-10-9-18-6-7-20(10)14(21)4-5-19-15(22)12-8-11(17)2-3-13(12)16;/h2-3,8,10,18H,4-7,9H2,1H3,(H,19,22);1H. The van der Waals surface area contributed by atoms with Gasteiger partial charge in [0.15, 0.2) is 0 Å². The van der Waals surface area contributed by atoms with Crippen LogP contribution in [-0.2, 0) is 4.79 Å². The summed E-state index contributed by atoms with van der Waals surface area (Å²) in [5, 5.41) is 5.88. The predicted octanol–water partition coefficient (Wildman–Crippen LogP) is 1.95. The first-order valence-electron chi connectivity index (χ1n) is 7.22. The first kappa shape index (κ1) is 19.9. The van der Waals surface area contributed by atoms with Gasteiger partial charge in [-0.25, -0.2) is 4.39 Å². The Bertz CT molecular complexity index is 574. The summed E-state index contributed by atoms with van der Waals surface area (Å²) in [6.45, 7) is 4.49. The van der Waals surface area contributed by atoms with Crippen molar-refractivity contribution in [3.8, 4) is 0 Å². The minimum atomic E-state index is -0.473. The highest BCUT2D eigenvalue weighted by molar-refractivity contribution is 9.10. The molecular weight excluding hydrogens is 389 g/mol. The maximum Gasteiger partial charge on any atom is 0.252 e. The Balaban J connectivity index is 0.00000264. The Kier molecular flexibility index (Phi) is 7.94. The molecule has 1 aromatic rings. The van der Waals surface area contributed by atoms with Crippen LogP contribution in [-0.4, -0.2) is 48.9 Å². The van der Waals surface area contributed by atoms with Gasteiger partial charge >= 0.3 is 0 Å². The van der Waals surface area contributed by atoms with E-state index in [1.54, 1.807) is 0 Å². The molecule has 1 fully saturated rings. The van der Waals surface area contributed by atoms with Crippen molar-refractivity contribution in [2.45, 2.75) is 19.4 Å². The molecule has 0 aliphatic carbocycles. The number of carbonyl (C=O) groups excluding carboxylic acids is 2. The number of benzene rings is 1. The van der Waals surface area contributed by atoms with E-state index in [1.807, 2.05) is 11.8 Å². The molecule has 1 aromatic carbocycles. The number of rotatable bonds is 4. The minimum Gasteiger partial charge on any atom is -0.351 e. The predicted molar refractivity (Wildman–Crippen MR) is 92.3 cm³/mol. The van der Waals surface area contributed by atoms with Gasteiger partial charge < -0.3 is 15.5 Å². The molecule has 0 bridgehead atoms. The fourth-order valence-corrected chi connectivity index (χ4v) is 2.83. The molecule has 1 aliphatic heterocycles. The first-order chi connectivity index (χ1) is 10.5. The molecule has 1 heterocycles. The van der Waals surface area contributed by atoms with Crippen molar-refractivity contribution < 1.29 is 14.0 Å². The first-order valence-corrected chi connectivity index (χ1v) is 8.02. The molecule has 0 radical (unpaired) electrons. The summed E-state index contributed by atoms with van der Waals surface area (Å²) in [4.78, 5) is 25.9. The van der Waals surface area contributed by atoms with E-state index in [0.29, 0.717) is 11.0 Å². The molecule has 2 rings (SSSR count). The van der Waals surface area contributed by atoms with Crippen LogP contribution < -0.4 is 10.6 Å². The van der Waals surface area contributed by atoms with Crippen LogP contribution in [0.1, 0.15) is 23.7 Å². The highest BCUT2D eigenvalue weighted by atomic mass is 79.9. The maximum atomic E-state index is 13.2. The highest BCUT2D eigenvalue weighted by Crippen LogP contribution is 2.17. The van der Waals surface area contributed by atoms with Crippen molar-refractivity contribution in [2.24, 2.45) is 0 Å². The molecule has 128 valence electrons. The van der Waals surface area contributed by atoms with Gasteiger partial charge in [-0.2, -0.15) is 0 Å². The van der Waals surface area contributed by atoms with Crippen LogP contribution in [0.4, 0.5) is 4.39 Å². The highest BCUT2D eigenvalue weighted by Gasteiger charge is 2.22. The van der Waals surface area contributed by atoms with Crippen molar-refractivity contribution >= 4 is 40.2 Å². The second-order valence-electron chi connectivity index (χ2n) is 5.27. The van der Waals surface area contributed by atoms with Gasteiger partial charge in [-0.15, -0.1) is 12.4 Å². The number of nitrogens with zero attached hydrogens (tertiary/aromatic N) is 1. The van der Waals surface area contributed by atoms with Crippen LogP contribution in [0, 0.1) is 5.82 Å². The largest absolute Gasteiger partial charge is 0.351 e. The molecule has 1 unspecified atom stereocenters. The van der Waals surface area contributed by atoms with Crippen LogP contribution in [0.2, 0.25) is 0 Å². The van der Waals surface area contributed by atoms with Crippen LogP contribution in [0.5, 0.6) is 0 Å². The van der Waals surface area contributed by atoms with Crippen molar-refractivity contribution in [3.05, 3.63) is 34.1 Å². The van der Waals surface area contributed by atoms with Gasteiger partial charge in [0.05, 0.1) is 5.56 Å².